The van der Waals surface area contributed by atoms with E-state index in [1.54, 1.807) is 0 Å². The van der Waals surface area contributed by atoms with Crippen LogP contribution in [0.5, 0.6) is 0 Å². The van der Waals surface area contributed by atoms with Gasteiger partial charge in [-0.25, -0.2) is 0 Å². The minimum absolute atomic E-state index is 0.0578. The van der Waals surface area contributed by atoms with Crippen molar-refractivity contribution in [1.82, 2.24) is 4.90 Å². The molecule has 0 N–H and O–H groups in total. The third-order valence-electron chi connectivity index (χ3n) is 3.45. The summed E-state index contributed by atoms with van der Waals surface area (Å²) >= 11 is 0. The van der Waals surface area contributed by atoms with Crippen molar-refractivity contribution in [3.8, 4) is 0 Å². The van der Waals surface area contributed by atoms with Gasteiger partial charge in [0.2, 0.25) is 5.91 Å². The number of carbonyl (C=O) groups is 1. The second-order valence-electron chi connectivity index (χ2n) is 4.76. The molecule has 1 fully saturated rings. The fraction of sp³-hybridized carbons (Fsp3) is 0.533. The molecule has 1 aromatic carbocycles. The van der Waals surface area contributed by atoms with E-state index >= 15 is 0 Å². The standard InChI is InChI=1S/C15H21NO2/c1-2-16-10-6-9-14(15(16)17)12-18-11-13-7-4-3-5-8-13/h3-5,7-8,14H,2,6,9-12H2,1H3. The number of nitrogens with zero attached hydrogens (tertiary/aromatic N) is 1. The minimum Gasteiger partial charge on any atom is -0.376 e. The van der Waals surface area contributed by atoms with E-state index in [1.165, 1.54) is 0 Å². The molecule has 1 unspecified atom stereocenters. The fourth-order valence-corrected chi connectivity index (χ4v) is 2.38. The Balaban J connectivity index is 1.78. The lowest BCUT2D eigenvalue weighted by Crippen LogP contribution is -2.42. The van der Waals surface area contributed by atoms with Crippen LogP contribution in [0.4, 0.5) is 0 Å². The predicted octanol–water partition coefficient (Wildman–Crippen LogP) is 2.46. The summed E-state index contributed by atoms with van der Waals surface area (Å²) in [5, 5.41) is 0. The molecular formula is C15H21NO2. The molecule has 0 spiro atoms. The Bertz CT molecular complexity index is 377. The number of amides is 1. The van der Waals surface area contributed by atoms with Crippen molar-refractivity contribution in [2.45, 2.75) is 26.4 Å². The van der Waals surface area contributed by atoms with E-state index in [0.717, 1.165) is 31.5 Å². The largest absolute Gasteiger partial charge is 0.376 e. The highest BCUT2D eigenvalue weighted by Gasteiger charge is 2.27. The molecule has 3 heteroatoms. The van der Waals surface area contributed by atoms with E-state index in [9.17, 15) is 4.79 Å². The van der Waals surface area contributed by atoms with Gasteiger partial charge in [0.1, 0.15) is 0 Å². The zero-order valence-electron chi connectivity index (χ0n) is 11.0. The maximum atomic E-state index is 12.0. The maximum absolute atomic E-state index is 12.0. The van der Waals surface area contributed by atoms with Gasteiger partial charge in [0.15, 0.2) is 0 Å². The molecule has 0 radical (unpaired) electrons. The number of likely N-dealkylation sites (tertiary alicyclic amines) is 1. The van der Waals surface area contributed by atoms with Gasteiger partial charge in [-0.05, 0) is 25.3 Å². The van der Waals surface area contributed by atoms with Crippen molar-refractivity contribution >= 4 is 5.91 Å². The number of benzene rings is 1. The van der Waals surface area contributed by atoms with Gasteiger partial charge in [0.05, 0.1) is 19.1 Å². The first kappa shape index (κ1) is 13.1. The van der Waals surface area contributed by atoms with Crippen LogP contribution in [0.1, 0.15) is 25.3 Å². The number of piperidine rings is 1. The van der Waals surface area contributed by atoms with Crippen molar-refractivity contribution in [1.29, 1.82) is 0 Å². The van der Waals surface area contributed by atoms with Gasteiger partial charge in [-0.3, -0.25) is 4.79 Å². The molecule has 18 heavy (non-hydrogen) atoms. The molecule has 1 aliphatic heterocycles. The van der Waals surface area contributed by atoms with Crippen molar-refractivity contribution < 1.29 is 9.53 Å². The molecule has 1 saturated heterocycles. The molecule has 1 aromatic rings. The minimum atomic E-state index is 0.0578. The van der Waals surface area contributed by atoms with Crippen LogP contribution < -0.4 is 0 Å². The number of hydrogen-bond acceptors (Lipinski definition) is 2. The molecule has 0 aromatic heterocycles. The quantitative estimate of drug-likeness (QED) is 0.800. The summed E-state index contributed by atoms with van der Waals surface area (Å²) in [6.07, 6.45) is 2.06. The number of rotatable bonds is 5. The van der Waals surface area contributed by atoms with Crippen LogP contribution in [-0.2, 0) is 16.1 Å². The van der Waals surface area contributed by atoms with Gasteiger partial charge in [0, 0.05) is 13.1 Å². The van der Waals surface area contributed by atoms with E-state index in [2.05, 4.69) is 0 Å². The Morgan fingerprint density at radius 3 is 2.83 bits per heavy atom. The summed E-state index contributed by atoms with van der Waals surface area (Å²) in [7, 11) is 0. The zero-order valence-corrected chi connectivity index (χ0v) is 11.0. The zero-order chi connectivity index (χ0) is 12.8. The molecule has 98 valence electrons. The number of ether oxygens (including phenoxy) is 1. The van der Waals surface area contributed by atoms with Crippen LogP contribution in [0.2, 0.25) is 0 Å². The van der Waals surface area contributed by atoms with Crippen LogP contribution in [0.25, 0.3) is 0 Å². The number of hydrogen-bond donors (Lipinski definition) is 0. The van der Waals surface area contributed by atoms with Gasteiger partial charge in [-0.1, -0.05) is 30.3 Å². The van der Waals surface area contributed by atoms with E-state index in [-0.39, 0.29) is 11.8 Å². The monoisotopic (exact) mass is 247 g/mol. The second kappa shape index (κ2) is 6.55. The lowest BCUT2D eigenvalue weighted by Gasteiger charge is -2.31. The van der Waals surface area contributed by atoms with E-state index in [4.69, 9.17) is 4.74 Å². The van der Waals surface area contributed by atoms with Crippen molar-refractivity contribution in [2.75, 3.05) is 19.7 Å². The molecule has 3 nitrogen and oxygen atoms in total. The van der Waals surface area contributed by atoms with Gasteiger partial charge in [-0.15, -0.1) is 0 Å². The first-order chi connectivity index (χ1) is 8.81. The SMILES string of the molecule is CCN1CCCC(COCc2ccccc2)C1=O. The molecule has 0 saturated carbocycles. The van der Waals surface area contributed by atoms with Gasteiger partial charge < -0.3 is 9.64 Å². The molecule has 0 aliphatic carbocycles. The maximum Gasteiger partial charge on any atom is 0.227 e. The highest BCUT2D eigenvalue weighted by atomic mass is 16.5. The van der Waals surface area contributed by atoms with Crippen LogP contribution in [0.3, 0.4) is 0 Å². The third-order valence-corrected chi connectivity index (χ3v) is 3.45. The molecular weight excluding hydrogens is 226 g/mol. The molecule has 1 atom stereocenters. The Hall–Kier alpha value is -1.35. The van der Waals surface area contributed by atoms with E-state index < -0.39 is 0 Å². The lowest BCUT2D eigenvalue weighted by atomic mass is 9.98. The summed E-state index contributed by atoms with van der Waals surface area (Å²) < 4.78 is 5.67. The average Bonchev–Trinajstić information content (AvgIpc) is 2.42. The lowest BCUT2D eigenvalue weighted by molar-refractivity contribution is -0.140. The fourth-order valence-electron chi connectivity index (χ4n) is 2.38. The second-order valence-corrected chi connectivity index (χ2v) is 4.76. The van der Waals surface area contributed by atoms with Crippen molar-refractivity contribution in [3.05, 3.63) is 35.9 Å². The molecule has 2 rings (SSSR count). The summed E-state index contributed by atoms with van der Waals surface area (Å²) in [4.78, 5) is 14.0. The van der Waals surface area contributed by atoms with E-state index in [0.29, 0.717) is 13.2 Å². The van der Waals surface area contributed by atoms with Crippen LogP contribution in [-0.4, -0.2) is 30.5 Å². The first-order valence-corrected chi connectivity index (χ1v) is 6.71. The highest BCUT2D eigenvalue weighted by Crippen LogP contribution is 2.18. The molecule has 1 amide bonds. The predicted molar refractivity (Wildman–Crippen MR) is 71.1 cm³/mol. The Labute approximate surface area is 109 Å². The summed E-state index contributed by atoms with van der Waals surface area (Å²) in [6, 6.07) is 10.1. The average molecular weight is 247 g/mol. The highest BCUT2D eigenvalue weighted by molar-refractivity contribution is 5.79. The normalized spacial score (nSPS) is 20.2. The Morgan fingerprint density at radius 2 is 2.11 bits per heavy atom. The van der Waals surface area contributed by atoms with Crippen LogP contribution in [0.15, 0.2) is 30.3 Å². The molecule has 1 heterocycles. The van der Waals surface area contributed by atoms with Gasteiger partial charge in [-0.2, -0.15) is 0 Å². The molecule has 0 bridgehead atoms. The smallest absolute Gasteiger partial charge is 0.227 e. The topological polar surface area (TPSA) is 29.5 Å². The summed E-state index contributed by atoms with van der Waals surface area (Å²) in [5.41, 5.74) is 1.16. The van der Waals surface area contributed by atoms with Gasteiger partial charge in [0.25, 0.3) is 0 Å². The summed E-state index contributed by atoms with van der Waals surface area (Å²) in [6.45, 7) is 4.89. The van der Waals surface area contributed by atoms with Gasteiger partial charge >= 0.3 is 0 Å². The molecule has 1 aliphatic rings. The van der Waals surface area contributed by atoms with Crippen LogP contribution in [0, 0.1) is 5.92 Å². The van der Waals surface area contributed by atoms with E-state index in [1.807, 2.05) is 42.2 Å². The van der Waals surface area contributed by atoms with Crippen molar-refractivity contribution in [3.63, 3.8) is 0 Å². The Kier molecular flexibility index (Phi) is 4.76. The Morgan fingerprint density at radius 1 is 1.33 bits per heavy atom. The van der Waals surface area contributed by atoms with Crippen molar-refractivity contribution in [2.24, 2.45) is 5.92 Å². The summed E-state index contributed by atoms with van der Waals surface area (Å²) in [5.74, 6) is 0.319. The van der Waals surface area contributed by atoms with Crippen LogP contribution >= 0.6 is 0 Å². The third kappa shape index (κ3) is 3.33. The first-order valence-electron chi connectivity index (χ1n) is 6.71. The number of carbonyl (C=O) groups excluding carboxylic acids is 1.